The highest BCUT2D eigenvalue weighted by atomic mass is 35.5. The van der Waals surface area contributed by atoms with Gasteiger partial charge in [0.15, 0.2) is 0 Å². The van der Waals surface area contributed by atoms with Crippen LogP contribution < -0.4 is 5.32 Å². The first-order chi connectivity index (χ1) is 11.7. The molecule has 8 heteroatoms. The normalized spacial score (nSPS) is 11.6. The number of aromatic amines is 1. The third kappa shape index (κ3) is 3.83. The van der Waals surface area contributed by atoms with Crippen LogP contribution >= 0.6 is 11.6 Å². The molecule has 0 radical (unpaired) electrons. The molecule has 0 spiro atoms. The van der Waals surface area contributed by atoms with Crippen LogP contribution in [0, 0.1) is 13.8 Å². The van der Waals surface area contributed by atoms with Crippen LogP contribution in [0.4, 0.5) is 5.69 Å². The highest BCUT2D eigenvalue weighted by molar-refractivity contribution is 7.92. The number of amides is 1. The van der Waals surface area contributed by atoms with Gasteiger partial charge in [0.1, 0.15) is 5.75 Å². The summed E-state index contributed by atoms with van der Waals surface area (Å²) in [5.74, 6) is -1.40. The topological polar surface area (TPSA) is 91.9 Å². The van der Waals surface area contributed by atoms with Crippen LogP contribution in [0.3, 0.4) is 0 Å². The van der Waals surface area contributed by atoms with E-state index in [1.165, 1.54) is 0 Å². The van der Waals surface area contributed by atoms with Crippen LogP contribution in [0.5, 0.6) is 0 Å². The number of benzene rings is 2. The molecule has 0 aliphatic rings. The molecule has 0 unspecified atom stereocenters. The number of H-pyrrole nitrogens is 1. The molecule has 0 aliphatic heterocycles. The number of aryl methyl sites for hydroxylation is 2. The van der Waals surface area contributed by atoms with E-state index in [1.807, 2.05) is 19.9 Å². The second kappa shape index (κ2) is 6.50. The van der Waals surface area contributed by atoms with Crippen LogP contribution in [-0.4, -0.2) is 30.0 Å². The number of anilines is 1. The highest BCUT2D eigenvalue weighted by Gasteiger charge is 2.23. The van der Waals surface area contributed by atoms with Crippen molar-refractivity contribution in [1.29, 1.82) is 0 Å². The van der Waals surface area contributed by atoms with Gasteiger partial charge < -0.3 is 10.3 Å². The summed E-state index contributed by atoms with van der Waals surface area (Å²) < 4.78 is 24.9. The number of nitrogens with zero attached hydrogens (tertiary/aromatic N) is 1. The number of imidazole rings is 1. The molecular formula is C17H16ClN3O3S. The van der Waals surface area contributed by atoms with E-state index in [-0.39, 0.29) is 5.16 Å². The number of rotatable bonds is 4. The second-order valence-electron chi connectivity index (χ2n) is 5.85. The quantitative estimate of drug-likeness (QED) is 0.730. The fourth-order valence-corrected chi connectivity index (χ4v) is 3.74. The Morgan fingerprint density at radius 3 is 2.56 bits per heavy atom. The fourth-order valence-electron chi connectivity index (χ4n) is 2.40. The summed E-state index contributed by atoms with van der Waals surface area (Å²) in [6, 6.07) is 10.5. The van der Waals surface area contributed by atoms with Crippen molar-refractivity contribution in [2.75, 3.05) is 11.1 Å². The Bertz CT molecular complexity index is 1070. The number of aromatic nitrogens is 2. The number of carbonyl (C=O) groups is 1. The number of carbonyl (C=O) groups excluding carboxylic acids is 1. The summed E-state index contributed by atoms with van der Waals surface area (Å²) in [5, 5.41) is 2.64. The molecule has 3 aromatic rings. The summed E-state index contributed by atoms with van der Waals surface area (Å²) >= 11 is 6.05. The van der Waals surface area contributed by atoms with Gasteiger partial charge in [-0.2, -0.15) is 0 Å². The predicted molar refractivity (Wildman–Crippen MR) is 97.7 cm³/mol. The summed E-state index contributed by atoms with van der Waals surface area (Å²) in [4.78, 5) is 18.9. The van der Waals surface area contributed by atoms with Crippen molar-refractivity contribution in [3.63, 3.8) is 0 Å². The lowest BCUT2D eigenvalue weighted by molar-refractivity contribution is -0.113. The molecule has 6 nitrogen and oxygen atoms in total. The standard InChI is InChI=1S/C17H16ClN3O3S/c1-10-3-5-13(12(18)7-10)19-16(22)9-25(23,24)17-20-14-6-4-11(2)8-15(14)21-17/h3-8H,9H2,1-2H3,(H,19,22)(H,20,21). The van der Waals surface area contributed by atoms with Crippen molar-refractivity contribution in [2.45, 2.75) is 19.0 Å². The van der Waals surface area contributed by atoms with Crippen LogP contribution in [0.1, 0.15) is 11.1 Å². The van der Waals surface area contributed by atoms with E-state index in [0.717, 1.165) is 11.1 Å². The average Bonchev–Trinajstić information content (AvgIpc) is 2.93. The zero-order valence-electron chi connectivity index (χ0n) is 13.6. The van der Waals surface area contributed by atoms with Crippen molar-refractivity contribution in [3.8, 4) is 0 Å². The molecule has 0 atom stereocenters. The van der Waals surface area contributed by atoms with E-state index in [4.69, 9.17) is 11.6 Å². The van der Waals surface area contributed by atoms with Gasteiger partial charge in [-0.3, -0.25) is 4.79 Å². The minimum absolute atomic E-state index is 0.224. The molecule has 3 rings (SSSR count). The number of sulfone groups is 1. The lowest BCUT2D eigenvalue weighted by Gasteiger charge is -2.07. The molecule has 2 aromatic carbocycles. The van der Waals surface area contributed by atoms with Gasteiger partial charge in [0, 0.05) is 0 Å². The molecule has 130 valence electrons. The van der Waals surface area contributed by atoms with Gasteiger partial charge in [-0.1, -0.05) is 23.7 Å². The summed E-state index contributed by atoms with van der Waals surface area (Å²) in [7, 11) is -3.90. The first-order valence-electron chi connectivity index (χ1n) is 7.50. The number of hydrogen-bond acceptors (Lipinski definition) is 4. The monoisotopic (exact) mass is 377 g/mol. The molecule has 0 bridgehead atoms. The Morgan fingerprint density at radius 1 is 1.16 bits per heavy atom. The Balaban J connectivity index is 1.81. The molecule has 1 aromatic heterocycles. The van der Waals surface area contributed by atoms with Gasteiger partial charge in [0.05, 0.1) is 21.7 Å². The zero-order valence-corrected chi connectivity index (χ0v) is 15.2. The first kappa shape index (κ1) is 17.4. The molecule has 25 heavy (non-hydrogen) atoms. The van der Waals surface area contributed by atoms with Gasteiger partial charge in [-0.15, -0.1) is 0 Å². The minimum Gasteiger partial charge on any atom is -0.329 e. The number of hydrogen-bond donors (Lipinski definition) is 2. The predicted octanol–water partition coefficient (Wildman–Crippen LogP) is 3.25. The Hall–Kier alpha value is -2.38. The molecule has 1 amide bonds. The molecule has 0 saturated carbocycles. The molecule has 0 fully saturated rings. The maximum atomic E-state index is 12.4. The molecule has 0 aliphatic carbocycles. The molecule has 2 N–H and O–H groups in total. The second-order valence-corrected chi connectivity index (χ2v) is 8.17. The Morgan fingerprint density at radius 2 is 1.84 bits per heavy atom. The van der Waals surface area contributed by atoms with Gasteiger partial charge >= 0.3 is 0 Å². The van der Waals surface area contributed by atoms with Gasteiger partial charge in [-0.25, -0.2) is 13.4 Å². The van der Waals surface area contributed by atoms with E-state index < -0.39 is 21.5 Å². The van der Waals surface area contributed by atoms with Crippen LogP contribution in [-0.2, 0) is 14.6 Å². The maximum absolute atomic E-state index is 12.4. The number of halogens is 1. The Labute approximate surface area is 150 Å². The van der Waals surface area contributed by atoms with E-state index in [1.54, 1.807) is 30.3 Å². The van der Waals surface area contributed by atoms with Crippen LogP contribution in [0.15, 0.2) is 41.6 Å². The lowest BCUT2D eigenvalue weighted by atomic mass is 10.2. The maximum Gasteiger partial charge on any atom is 0.240 e. The van der Waals surface area contributed by atoms with E-state index in [2.05, 4.69) is 15.3 Å². The van der Waals surface area contributed by atoms with Crippen molar-refractivity contribution < 1.29 is 13.2 Å². The van der Waals surface area contributed by atoms with Crippen LogP contribution in [0.2, 0.25) is 5.02 Å². The molecule has 0 saturated heterocycles. The SMILES string of the molecule is Cc1ccc(NC(=O)CS(=O)(=O)c2nc3ccc(C)cc3[nH]2)c(Cl)c1. The third-order valence-corrected chi connectivity index (χ3v) is 5.37. The Kier molecular flexibility index (Phi) is 4.53. The smallest absolute Gasteiger partial charge is 0.240 e. The fraction of sp³-hybridized carbons (Fsp3) is 0.176. The van der Waals surface area contributed by atoms with Gasteiger partial charge in [0.2, 0.25) is 20.9 Å². The van der Waals surface area contributed by atoms with E-state index >= 15 is 0 Å². The lowest BCUT2D eigenvalue weighted by Crippen LogP contribution is -2.23. The zero-order chi connectivity index (χ0) is 18.2. The van der Waals surface area contributed by atoms with Gasteiger partial charge in [0.25, 0.3) is 0 Å². The summed E-state index contributed by atoms with van der Waals surface area (Å²) in [6.45, 7) is 3.76. The summed E-state index contributed by atoms with van der Waals surface area (Å²) in [5.41, 5.74) is 3.43. The number of nitrogens with one attached hydrogen (secondary N) is 2. The average molecular weight is 378 g/mol. The first-order valence-corrected chi connectivity index (χ1v) is 9.53. The highest BCUT2D eigenvalue weighted by Crippen LogP contribution is 2.23. The van der Waals surface area contributed by atoms with Crippen molar-refractivity contribution in [2.24, 2.45) is 0 Å². The van der Waals surface area contributed by atoms with Crippen molar-refractivity contribution >= 4 is 44.1 Å². The molecular weight excluding hydrogens is 362 g/mol. The minimum atomic E-state index is -3.90. The van der Waals surface area contributed by atoms with Gasteiger partial charge in [-0.05, 0) is 49.2 Å². The van der Waals surface area contributed by atoms with Crippen molar-refractivity contribution in [1.82, 2.24) is 9.97 Å². The summed E-state index contributed by atoms with van der Waals surface area (Å²) in [6.07, 6.45) is 0. The third-order valence-electron chi connectivity index (χ3n) is 3.63. The number of fused-ring (bicyclic) bond motifs is 1. The molecule has 1 heterocycles. The van der Waals surface area contributed by atoms with E-state index in [9.17, 15) is 13.2 Å². The van der Waals surface area contributed by atoms with Crippen LogP contribution in [0.25, 0.3) is 11.0 Å². The largest absolute Gasteiger partial charge is 0.329 e. The van der Waals surface area contributed by atoms with Crippen molar-refractivity contribution in [3.05, 3.63) is 52.5 Å². The van der Waals surface area contributed by atoms with E-state index in [0.29, 0.717) is 21.7 Å².